The van der Waals surface area contributed by atoms with Crippen LogP contribution >= 0.6 is 27.3 Å². The Morgan fingerprint density at radius 2 is 2.06 bits per heavy atom. The van der Waals surface area contributed by atoms with Crippen LogP contribution in [-0.4, -0.2) is 11.5 Å². The van der Waals surface area contributed by atoms with Gasteiger partial charge in [0, 0.05) is 15.5 Å². The minimum atomic E-state index is 0.201. The van der Waals surface area contributed by atoms with Gasteiger partial charge in [-0.15, -0.1) is 11.3 Å². The molecule has 17 heavy (non-hydrogen) atoms. The summed E-state index contributed by atoms with van der Waals surface area (Å²) >= 11 is 5.17. The maximum Gasteiger partial charge on any atom is 0.114 e. The Hall–Kier alpha value is -0.710. The van der Waals surface area contributed by atoms with Crippen LogP contribution in [0.1, 0.15) is 29.2 Å². The van der Waals surface area contributed by atoms with Crippen molar-refractivity contribution >= 4 is 27.3 Å². The van der Waals surface area contributed by atoms with Gasteiger partial charge in [0.15, 0.2) is 0 Å². The van der Waals surface area contributed by atoms with Crippen LogP contribution in [0.25, 0.3) is 0 Å². The van der Waals surface area contributed by atoms with Crippen molar-refractivity contribution in [3.05, 3.63) is 50.4 Å². The molecular formula is C13H15BrN2S. The van der Waals surface area contributed by atoms with Gasteiger partial charge in [-0.1, -0.05) is 35.0 Å². The van der Waals surface area contributed by atoms with Crippen LogP contribution < -0.4 is 5.32 Å². The highest BCUT2D eigenvalue weighted by Crippen LogP contribution is 2.26. The van der Waals surface area contributed by atoms with Crippen LogP contribution in [0.4, 0.5) is 0 Å². The molecule has 1 N–H and O–H groups in total. The zero-order valence-electron chi connectivity index (χ0n) is 9.90. The number of nitrogens with one attached hydrogen (secondary N) is 1. The molecule has 0 aliphatic heterocycles. The summed E-state index contributed by atoms with van der Waals surface area (Å²) in [5.74, 6) is 0. The first-order valence-electron chi connectivity index (χ1n) is 5.61. The van der Waals surface area contributed by atoms with Crippen molar-refractivity contribution in [2.75, 3.05) is 6.54 Å². The lowest BCUT2D eigenvalue weighted by Gasteiger charge is -2.15. The molecule has 2 nitrogen and oxygen atoms in total. The molecule has 0 spiro atoms. The average Bonchev–Trinajstić information content (AvgIpc) is 2.74. The normalized spacial score (nSPS) is 12.6. The first kappa shape index (κ1) is 12.7. The van der Waals surface area contributed by atoms with Crippen molar-refractivity contribution < 1.29 is 0 Å². The van der Waals surface area contributed by atoms with Gasteiger partial charge in [-0.2, -0.15) is 0 Å². The van der Waals surface area contributed by atoms with Gasteiger partial charge in [-0.3, -0.25) is 0 Å². The second-order valence-corrected chi connectivity index (χ2v) is 5.67. The molecule has 1 aromatic carbocycles. The van der Waals surface area contributed by atoms with Crippen LogP contribution in [0.15, 0.2) is 34.1 Å². The smallest absolute Gasteiger partial charge is 0.114 e. The quantitative estimate of drug-likeness (QED) is 0.926. The summed E-state index contributed by atoms with van der Waals surface area (Å²) < 4.78 is 1.10. The molecule has 1 aromatic heterocycles. The fraction of sp³-hybridized carbons (Fsp3) is 0.308. The fourth-order valence-electron chi connectivity index (χ4n) is 1.71. The monoisotopic (exact) mass is 310 g/mol. The van der Waals surface area contributed by atoms with E-state index in [1.807, 2.05) is 6.92 Å². The van der Waals surface area contributed by atoms with Gasteiger partial charge in [0.1, 0.15) is 5.01 Å². The second kappa shape index (κ2) is 5.76. The summed E-state index contributed by atoms with van der Waals surface area (Å²) in [5.41, 5.74) is 2.34. The van der Waals surface area contributed by atoms with Gasteiger partial charge in [0.05, 0.1) is 6.04 Å². The van der Waals surface area contributed by atoms with E-state index in [0.717, 1.165) is 21.7 Å². The zero-order chi connectivity index (χ0) is 12.3. The SMILES string of the molecule is CCNC(c1ccc(Br)cc1)c1nc(C)cs1. The molecule has 2 aromatic rings. The van der Waals surface area contributed by atoms with Gasteiger partial charge >= 0.3 is 0 Å². The van der Waals surface area contributed by atoms with Crippen LogP contribution in [0.5, 0.6) is 0 Å². The summed E-state index contributed by atoms with van der Waals surface area (Å²) in [6, 6.07) is 8.61. The third kappa shape index (κ3) is 3.15. The maximum absolute atomic E-state index is 4.57. The molecule has 0 saturated heterocycles. The first-order valence-corrected chi connectivity index (χ1v) is 7.29. The number of thiazole rings is 1. The van der Waals surface area contributed by atoms with E-state index in [9.17, 15) is 0 Å². The van der Waals surface area contributed by atoms with Crippen LogP contribution in [0, 0.1) is 6.92 Å². The summed E-state index contributed by atoms with van der Waals surface area (Å²) in [5, 5.41) is 6.71. The zero-order valence-corrected chi connectivity index (χ0v) is 12.3. The fourth-order valence-corrected chi connectivity index (χ4v) is 2.87. The van der Waals surface area contributed by atoms with E-state index in [0.29, 0.717) is 0 Å². The molecule has 4 heteroatoms. The summed E-state index contributed by atoms with van der Waals surface area (Å²) in [4.78, 5) is 4.57. The Labute approximate surface area is 114 Å². The highest BCUT2D eigenvalue weighted by Gasteiger charge is 2.15. The number of benzene rings is 1. The molecule has 2 rings (SSSR count). The highest BCUT2D eigenvalue weighted by molar-refractivity contribution is 9.10. The Bertz CT molecular complexity index is 478. The number of aromatic nitrogens is 1. The largest absolute Gasteiger partial charge is 0.305 e. The minimum Gasteiger partial charge on any atom is -0.305 e. The number of aryl methyl sites for hydroxylation is 1. The number of rotatable bonds is 4. The van der Waals surface area contributed by atoms with E-state index < -0.39 is 0 Å². The van der Waals surface area contributed by atoms with Crippen LogP contribution in [0.2, 0.25) is 0 Å². The lowest BCUT2D eigenvalue weighted by atomic mass is 10.1. The number of hydrogen-bond donors (Lipinski definition) is 1. The first-order chi connectivity index (χ1) is 8.20. The predicted molar refractivity (Wildman–Crippen MR) is 76.5 cm³/mol. The molecular weight excluding hydrogens is 296 g/mol. The Morgan fingerprint density at radius 3 is 2.59 bits per heavy atom. The third-order valence-electron chi connectivity index (χ3n) is 2.50. The molecule has 90 valence electrons. The molecule has 0 fully saturated rings. The van der Waals surface area contributed by atoms with Gasteiger partial charge in [0.25, 0.3) is 0 Å². The van der Waals surface area contributed by atoms with E-state index in [-0.39, 0.29) is 6.04 Å². The molecule has 1 atom stereocenters. The van der Waals surface area contributed by atoms with Crippen LogP contribution in [0.3, 0.4) is 0 Å². The molecule has 0 aliphatic carbocycles. The lowest BCUT2D eigenvalue weighted by Crippen LogP contribution is -2.21. The molecule has 0 bridgehead atoms. The summed E-state index contributed by atoms with van der Waals surface area (Å²) in [7, 11) is 0. The summed E-state index contributed by atoms with van der Waals surface area (Å²) in [6.07, 6.45) is 0. The second-order valence-electron chi connectivity index (χ2n) is 3.87. The highest BCUT2D eigenvalue weighted by atomic mass is 79.9. The maximum atomic E-state index is 4.57. The number of halogens is 1. The molecule has 0 amide bonds. The van der Waals surface area contributed by atoms with Gasteiger partial charge in [-0.05, 0) is 31.2 Å². The molecule has 0 aliphatic rings. The number of nitrogens with zero attached hydrogens (tertiary/aromatic N) is 1. The van der Waals surface area contributed by atoms with E-state index >= 15 is 0 Å². The van der Waals surface area contributed by atoms with Gasteiger partial charge in [-0.25, -0.2) is 4.98 Å². The van der Waals surface area contributed by atoms with E-state index in [4.69, 9.17) is 0 Å². The van der Waals surface area contributed by atoms with Crippen molar-refractivity contribution in [1.29, 1.82) is 0 Å². The Balaban J connectivity index is 2.31. The lowest BCUT2D eigenvalue weighted by molar-refractivity contribution is 0.626. The average molecular weight is 311 g/mol. The number of hydrogen-bond acceptors (Lipinski definition) is 3. The Kier molecular flexibility index (Phi) is 4.31. The molecule has 0 saturated carbocycles. The Morgan fingerprint density at radius 1 is 1.35 bits per heavy atom. The van der Waals surface area contributed by atoms with Gasteiger partial charge < -0.3 is 5.32 Å². The topological polar surface area (TPSA) is 24.9 Å². The standard InChI is InChI=1S/C13H15BrN2S/c1-3-15-12(13-16-9(2)8-17-13)10-4-6-11(14)7-5-10/h4-8,12,15H,3H2,1-2H3. The summed E-state index contributed by atoms with van der Waals surface area (Å²) in [6.45, 7) is 5.08. The minimum absolute atomic E-state index is 0.201. The predicted octanol–water partition coefficient (Wildman–Crippen LogP) is 3.91. The van der Waals surface area contributed by atoms with Gasteiger partial charge in [0.2, 0.25) is 0 Å². The van der Waals surface area contributed by atoms with Crippen molar-refractivity contribution in [1.82, 2.24) is 10.3 Å². The van der Waals surface area contributed by atoms with Crippen molar-refractivity contribution in [3.8, 4) is 0 Å². The molecule has 1 heterocycles. The van der Waals surface area contributed by atoms with E-state index in [1.54, 1.807) is 11.3 Å². The van der Waals surface area contributed by atoms with Crippen molar-refractivity contribution in [2.24, 2.45) is 0 Å². The van der Waals surface area contributed by atoms with E-state index in [2.05, 4.69) is 62.8 Å². The third-order valence-corrected chi connectivity index (χ3v) is 4.05. The van der Waals surface area contributed by atoms with Crippen molar-refractivity contribution in [2.45, 2.75) is 19.9 Å². The molecule has 0 radical (unpaired) electrons. The van der Waals surface area contributed by atoms with Crippen molar-refractivity contribution in [3.63, 3.8) is 0 Å². The van der Waals surface area contributed by atoms with Crippen LogP contribution in [-0.2, 0) is 0 Å². The molecule has 1 unspecified atom stereocenters. The van der Waals surface area contributed by atoms with E-state index in [1.165, 1.54) is 5.56 Å².